The molecule has 1 aromatic heterocycles. The average Bonchev–Trinajstić information content (AvgIpc) is 3.06. The maximum absolute atomic E-state index is 6.13. The number of para-hydroxylation sites is 1. The number of methoxy groups -OCH3 is 1. The average molecular weight is 377 g/mol. The number of hydrogen-bond acceptors (Lipinski definition) is 3. The van der Waals surface area contributed by atoms with Gasteiger partial charge in [-0.15, -0.1) is 0 Å². The molecule has 3 aromatic rings. The lowest BCUT2D eigenvalue weighted by Crippen LogP contribution is -2.39. The fraction of sp³-hybridized carbons (Fsp3) is 0.417. The molecule has 3 aliphatic heterocycles. The second-order valence-electron chi connectivity index (χ2n) is 7.98. The van der Waals surface area contributed by atoms with Crippen LogP contribution in [0.3, 0.4) is 0 Å². The van der Waals surface area contributed by atoms with Gasteiger partial charge in [-0.25, -0.2) is 0 Å². The highest BCUT2D eigenvalue weighted by atomic mass is 16.5. The maximum Gasteiger partial charge on any atom is 0.121 e. The van der Waals surface area contributed by atoms with Gasteiger partial charge in [-0.3, -0.25) is 0 Å². The molecule has 0 unspecified atom stereocenters. The van der Waals surface area contributed by atoms with Crippen LogP contribution in [0.15, 0.2) is 54.2 Å². The topological polar surface area (TPSA) is 26.6 Å². The van der Waals surface area contributed by atoms with Crippen LogP contribution >= 0.6 is 0 Å². The van der Waals surface area contributed by atoms with E-state index in [-0.39, 0.29) is 0 Å². The molecule has 4 nitrogen and oxygen atoms in total. The molecule has 0 radical (unpaired) electrons. The minimum Gasteiger partial charge on any atom is -0.489 e. The van der Waals surface area contributed by atoms with Crippen molar-refractivity contribution in [2.45, 2.75) is 25.8 Å². The van der Waals surface area contributed by atoms with Gasteiger partial charge in [0.1, 0.15) is 12.4 Å². The van der Waals surface area contributed by atoms with Crippen molar-refractivity contribution in [2.75, 3.05) is 33.4 Å². The molecule has 28 heavy (non-hydrogen) atoms. The Balaban J connectivity index is 1.40. The molecule has 4 heteroatoms. The van der Waals surface area contributed by atoms with Gasteiger partial charge in [-0.05, 0) is 49.5 Å². The molecular formula is C24H28N2O2. The first-order valence-corrected chi connectivity index (χ1v) is 10.4. The van der Waals surface area contributed by atoms with Crippen molar-refractivity contribution >= 4 is 21.8 Å². The molecule has 6 rings (SSSR count). The molecule has 0 saturated carbocycles. The molecule has 0 aliphatic carbocycles. The second kappa shape index (κ2) is 7.51. The summed E-state index contributed by atoms with van der Waals surface area (Å²) in [5.41, 5.74) is 3.95. The van der Waals surface area contributed by atoms with Crippen LogP contribution in [-0.4, -0.2) is 42.9 Å². The Morgan fingerprint density at radius 3 is 2.64 bits per heavy atom. The zero-order chi connectivity index (χ0) is 18.9. The van der Waals surface area contributed by atoms with Gasteiger partial charge >= 0.3 is 0 Å². The van der Waals surface area contributed by atoms with Crippen molar-refractivity contribution in [3.8, 4) is 5.75 Å². The van der Waals surface area contributed by atoms with Crippen molar-refractivity contribution in [3.05, 3.63) is 54.2 Å². The van der Waals surface area contributed by atoms with Gasteiger partial charge in [-0.1, -0.05) is 18.2 Å². The minimum atomic E-state index is 0.641. The van der Waals surface area contributed by atoms with Crippen molar-refractivity contribution in [2.24, 2.45) is 5.92 Å². The lowest BCUT2D eigenvalue weighted by Gasteiger charge is -2.42. The molecule has 3 saturated heterocycles. The standard InChI is InChI=1S/C24H28N2O2/c1-27-15-13-26-23-5-3-2-4-21(23)22-7-6-20(17-24(22)26)28-14-10-19-16-18-8-11-25(19)12-9-18/h2-7,10,17-18H,8-9,11-16H2,1H3. The summed E-state index contributed by atoms with van der Waals surface area (Å²) in [6.45, 7) is 4.62. The summed E-state index contributed by atoms with van der Waals surface area (Å²) in [7, 11) is 1.75. The number of nitrogens with zero attached hydrogens (tertiary/aromatic N) is 2. The van der Waals surface area contributed by atoms with E-state index in [2.05, 4.69) is 58.0 Å². The Morgan fingerprint density at radius 2 is 1.86 bits per heavy atom. The van der Waals surface area contributed by atoms with Crippen LogP contribution in [0, 0.1) is 5.92 Å². The number of fused-ring (bicyclic) bond motifs is 6. The third kappa shape index (κ3) is 3.16. The predicted octanol–water partition coefficient (Wildman–Crippen LogP) is 4.82. The molecule has 4 heterocycles. The van der Waals surface area contributed by atoms with E-state index >= 15 is 0 Å². The third-order valence-corrected chi connectivity index (χ3v) is 6.35. The van der Waals surface area contributed by atoms with Crippen molar-refractivity contribution in [3.63, 3.8) is 0 Å². The van der Waals surface area contributed by atoms with E-state index < -0.39 is 0 Å². The molecule has 3 fully saturated rings. The number of piperidine rings is 3. The van der Waals surface area contributed by atoms with E-state index in [0.717, 1.165) is 18.2 Å². The van der Waals surface area contributed by atoms with Gasteiger partial charge in [0.15, 0.2) is 0 Å². The Bertz CT molecular complexity index is 1010. The molecule has 0 amide bonds. The van der Waals surface area contributed by atoms with Crippen LogP contribution in [-0.2, 0) is 11.3 Å². The number of hydrogen-bond donors (Lipinski definition) is 0. The summed E-state index contributed by atoms with van der Waals surface area (Å²) in [6, 6.07) is 15.0. The zero-order valence-electron chi connectivity index (χ0n) is 16.6. The smallest absolute Gasteiger partial charge is 0.121 e. The highest BCUT2D eigenvalue weighted by molar-refractivity contribution is 6.08. The van der Waals surface area contributed by atoms with Gasteiger partial charge in [0.2, 0.25) is 0 Å². The van der Waals surface area contributed by atoms with Gasteiger partial charge < -0.3 is 18.9 Å². The summed E-state index contributed by atoms with van der Waals surface area (Å²) in [5, 5.41) is 2.56. The quantitative estimate of drug-likeness (QED) is 0.617. The summed E-state index contributed by atoms with van der Waals surface area (Å²) in [5.74, 6) is 1.82. The van der Waals surface area contributed by atoms with Gasteiger partial charge in [-0.2, -0.15) is 0 Å². The number of aromatic nitrogens is 1. The number of rotatable bonds is 6. The van der Waals surface area contributed by atoms with Crippen LogP contribution in [0.4, 0.5) is 0 Å². The van der Waals surface area contributed by atoms with Gasteiger partial charge in [0.25, 0.3) is 0 Å². The monoisotopic (exact) mass is 376 g/mol. The number of ether oxygens (including phenoxy) is 2. The first-order chi connectivity index (χ1) is 13.8. The van der Waals surface area contributed by atoms with Gasteiger partial charge in [0, 0.05) is 54.8 Å². The molecule has 146 valence electrons. The molecule has 3 aliphatic rings. The Labute approximate surface area is 166 Å². The normalized spacial score (nSPS) is 18.6. The minimum absolute atomic E-state index is 0.641. The van der Waals surface area contributed by atoms with Crippen molar-refractivity contribution < 1.29 is 9.47 Å². The van der Waals surface area contributed by atoms with E-state index in [1.54, 1.807) is 7.11 Å². The third-order valence-electron chi connectivity index (χ3n) is 6.35. The van der Waals surface area contributed by atoms with Crippen molar-refractivity contribution in [1.82, 2.24) is 9.47 Å². The lowest BCUT2D eigenvalue weighted by molar-refractivity contribution is 0.158. The van der Waals surface area contributed by atoms with E-state index in [0.29, 0.717) is 13.2 Å². The Hall–Kier alpha value is -2.46. The van der Waals surface area contributed by atoms with Crippen LogP contribution in [0.25, 0.3) is 21.8 Å². The van der Waals surface area contributed by atoms with Gasteiger partial charge in [0.05, 0.1) is 12.1 Å². The van der Waals surface area contributed by atoms with E-state index in [9.17, 15) is 0 Å². The summed E-state index contributed by atoms with van der Waals surface area (Å²) in [6.07, 6.45) is 6.24. The summed E-state index contributed by atoms with van der Waals surface area (Å²) in [4.78, 5) is 2.54. The fourth-order valence-corrected chi connectivity index (χ4v) is 4.84. The second-order valence-corrected chi connectivity index (χ2v) is 7.98. The molecule has 0 N–H and O–H groups in total. The van der Waals surface area contributed by atoms with Crippen LogP contribution in [0.1, 0.15) is 19.3 Å². The molecular weight excluding hydrogens is 348 g/mol. The van der Waals surface area contributed by atoms with Crippen LogP contribution < -0.4 is 4.74 Å². The highest BCUT2D eigenvalue weighted by Gasteiger charge is 2.28. The highest BCUT2D eigenvalue weighted by Crippen LogP contribution is 2.34. The van der Waals surface area contributed by atoms with E-state index in [1.165, 1.54) is 59.9 Å². The summed E-state index contributed by atoms with van der Waals surface area (Å²) >= 11 is 0. The number of allylic oxidation sites excluding steroid dienone is 1. The van der Waals surface area contributed by atoms with Crippen LogP contribution in [0.2, 0.25) is 0 Å². The fourth-order valence-electron chi connectivity index (χ4n) is 4.84. The Morgan fingerprint density at radius 1 is 1.04 bits per heavy atom. The first-order valence-electron chi connectivity index (χ1n) is 10.4. The lowest BCUT2D eigenvalue weighted by atomic mass is 9.86. The van der Waals surface area contributed by atoms with E-state index in [4.69, 9.17) is 9.47 Å². The SMILES string of the molecule is COCCn1c2ccccc2c2ccc(OCC=C3CC4CCN3CC4)cc21. The molecule has 2 bridgehead atoms. The predicted molar refractivity (Wildman–Crippen MR) is 114 cm³/mol. The zero-order valence-corrected chi connectivity index (χ0v) is 16.6. The first kappa shape index (κ1) is 17.6. The van der Waals surface area contributed by atoms with Crippen LogP contribution in [0.5, 0.6) is 5.75 Å². The van der Waals surface area contributed by atoms with Crippen molar-refractivity contribution in [1.29, 1.82) is 0 Å². The molecule has 2 aromatic carbocycles. The molecule has 0 atom stereocenters. The maximum atomic E-state index is 6.13. The largest absolute Gasteiger partial charge is 0.489 e. The Kier molecular flexibility index (Phi) is 4.73. The number of benzene rings is 2. The van der Waals surface area contributed by atoms with E-state index in [1.807, 2.05) is 0 Å². The summed E-state index contributed by atoms with van der Waals surface area (Å²) < 4.78 is 13.8. The molecule has 0 spiro atoms.